The smallest absolute Gasteiger partial charge is 0.391 e. The van der Waals surface area contributed by atoms with E-state index >= 15 is 0 Å². The van der Waals surface area contributed by atoms with Crippen LogP contribution in [0, 0.1) is 5.41 Å². The number of nitrogens with zero attached hydrogens (tertiary/aromatic N) is 4. The van der Waals surface area contributed by atoms with Crippen molar-refractivity contribution in [1.29, 1.82) is 5.41 Å². The second-order valence-corrected chi connectivity index (χ2v) is 8.71. The Labute approximate surface area is 212 Å². The maximum absolute atomic E-state index is 13.0. The third-order valence-corrected chi connectivity index (χ3v) is 5.96. The van der Waals surface area contributed by atoms with Crippen LogP contribution in [0.5, 0.6) is 0 Å². The van der Waals surface area contributed by atoms with Crippen LogP contribution < -0.4 is 5.73 Å². The molecular weight excluding hydrogens is 518 g/mol. The SMILES string of the molecule is CC(=NOCc1cc(C(F)(F)F)cc(C(F)(F)F)c1)c1ccc(-c2noc(C3CCN(C(=N)N)C3)n2)cc1. The van der Waals surface area contributed by atoms with Crippen molar-refractivity contribution in [2.24, 2.45) is 10.9 Å². The molecule has 3 aromatic rings. The number of halogens is 6. The van der Waals surface area contributed by atoms with E-state index in [-0.39, 0.29) is 23.5 Å². The Hall–Kier alpha value is -4.10. The van der Waals surface area contributed by atoms with Crippen molar-refractivity contribution in [3.8, 4) is 11.4 Å². The lowest BCUT2D eigenvalue weighted by Gasteiger charge is -2.14. The molecule has 14 heteroatoms. The summed E-state index contributed by atoms with van der Waals surface area (Å²) in [6.45, 7) is 2.14. The number of nitrogens with two attached hydrogens (primary N) is 1. The fourth-order valence-electron chi connectivity index (χ4n) is 3.92. The molecule has 0 amide bonds. The minimum atomic E-state index is -4.94. The monoisotopic (exact) mass is 540 g/mol. The highest BCUT2D eigenvalue weighted by atomic mass is 19.4. The van der Waals surface area contributed by atoms with Crippen molar-refractivity contribution in [3.63, 3.8) is 0 Å². The zero-order chi connectivity index (χ0) is 27.7. The summed E-state index contributed by atoms with van der Waals surface area (Å²) in [5.74, 6) is 0.769. The molecule has 1 saturated heterocycles. The molecule has 1 aliphatic rings. The first-order chi connectivity index (χ1) is 17.8. The van der Waals surface area contributed by atoms with Crippen molar-refractivity contribution < 1.29 is 35.7 Å². The van der Waals surface area contributed by atoms with Gasteiger partial charge in [-0.3, -0.25) is 5.41 Å². The van der Waals surface area contributed by atoms with Crippen LogP contribution in [0.2, 0.25) is 0 Å². The maximum Gasteiger partial charge on any atom is 0.416 e. The molecule has 0 saturated carbocycles. The van der Waals surface area contributed by atoms with E-state index in [0.29, 0.717) is 53.8 Å². The summed E-state index contributed by atoms with van der Waals surface area (Å²) in [4.78, 5) is 11.2. The molecule has 4 rings (SSSR count). The molecular formula is C24H22F6N6O2. The zero-order valence-corrected chi connectivity index (χ0v) is 19.9. The fraction of sp³-hybridized carbons (Fsp3) is 0.333. The van der Waals surface area contributed by atoms with E-state index in [2.05, 4.69) is 15.3 Å². The summed E-state index contributed by atoms with van der Waals surface area (Å²) in [5, 5.41) is 15.4. The van der Waals surface area contributed by atoms with Crippen molar-refractivity contribution in [2.45, 2.75) is 38.2 Å². The lowest BCUT2D eigenvalue weighted by Crippen LogP contribution is -2.34. The number of hydrogen-bond donors (Lipinski definition) is 2. The highest BCUT2D eigenvalue weighted by Crippen LogP contribution is 2.36. The number of hydrogen-bond acceptors (Lipinski definition) is 6. The molecule has 0 aliphatic carbocycles. The largest absolute Gasteiger partial charge is 0.416 e. The van der Waals surface area contributed by atoms with Gasteiger partial charge in [0.1, 0.15) is 6.61 Å². The first kappa shape index (κ1) is 26.9. The van der Waals surface area contributed by atoms with Gasteiger partial charge in [-0.1, -0.05) is 34.6 Å². The highest BCUT2D eigenvalue weighted by molar-refractivity contribution is 5.98. The zero-order valence-electron chi connectivity index (χ0n) is 19.9. The predicted octanol–water partition coefficient (Wildman–Crippen LogP) is 5.40. The van der Waals surface area contributed by atoms with Gasteiger partial charge < -0.3 is 20.0 Å². The molecule has 1 aromatic heterocycles. The quantitative estimate of drug-likeness (QED) is 0.187. The molecule has 1 atom stereocenters. The normalized spacial score (nSPS) is 16.7. The molecule has 2 heterocycles. The number of nitrogens with one attached hydrogen (secondary N) is 1. The molecule has 202 valence electrons. The lowest BCUT2D eigenvalue weighted by atomic mass is 10.1. The minimum absolute atomic E-state index is 0.00951. The Morgan fingerprint density at radius 3 is 2.29 bits per heavy atom. The maximum atomic E-state index is 13.0. The first-order valence-electron chi connectivity index (χ1n) is 11.3. The number of alkyl halides is 6. The lowest BCUT2D eigenvalue weighted by molar-refractivity contribution is -0.143. The summed E-state index contributed by atoms with van der Waals surface area (Å²) in [7, 11) is 0. The van der Waals surface area contributed by atoms with E-state index in [1.807, 2.05) is 0 Å². The average molecular weight is 540 g/mol. The molecule has 0 bridgehead atoms. The van der Waals surface area contributed by atoms with Gasteiger partial charge in [-0.05, 0) is 42.7 Å². The molecule has 1 aliphatic heterocycles. The van der Waals surface area contributed by atoms with E-state index in [0.717, 1.165) is 6.42 Å². The van der Waals surface area contributed by atoms with Crippen molar-refractivity contribution in [2.75, 3.05) is 13.1 Å². The second kappa shape index (κ2) is 10.3. The Morgan fingerprint density at radius 2 is 1.74 bits per heavy atom. The number of aromatic nitrogens is 2. The Bertz CT molecular complexity index is 1300. The number of guanidine groups is 1. The standard InChI is InChI=1S/C24H22F6N6O2/c1-13(34-37-12-14-8-18(23(25,26)27)10-19(9-14)24(28,29)30)15-2-4-16(5-3-15)20-33-21(38-35-20)17-6-7-36(11-17)22(31)32/h2-5,8-10,17H,6-7,11-12H2,1H3,(H3,31,32). The Kier molecular flexibility index (Phi) is 7.33. The number of likely N-dealkylation sites (tertiary alicyclic amines) is 1. The highest BCUT2D eigenvalue weighted by Gasteiger charge is 2.37. The fourth-order valence-corrected chi connectivity index (χ4v) is 3.92. The average Bonchev–Trinajstić information content (AvgIpc) is 3.53. The van der Waals surface area contributed by atoms with E-state index < -0.39 is 30.1 Å². The number of rotatable bonds is 6. The molecule has 1 fully saturated rings. The van der Waals surface area contributed by atoms with Crippen LogP contribution in [0.3, 0.4) is 0 Å². The Balaban J connectivity index is 1.41. The van der Waals surface area contributed by atoms with Crippen LogP contribution in [-0.2, 0) is 23.8 Å². The van der Waals surface area contributed by atoms with Gasteiger partial charge in [0.2, 0.25) is 11.7 Å². The van der Waals surface area contributed by atoms with Crippen molar-refractivity contribution in [3.05, 3.63) is 70.6 Å². The molecule has 2 aromatic carbocycles. The topological polar surface area (TPSA) is 114 Å². The van der Waals surface area contributed by atoms with E-state index in [4.69, 9.17) is 20.5 Å². The molecule has 3 N–H and O–H groups in total. The van der Waals surface area contributed by atoms with E-state index in [9.17, 15) is 26.3 Å². The van der Waals surface area contributed by atoms with Gasteiger partial charge >= 0.3 is 12.4 Å². The van der Waals surface area contributed by atoms with Gasteiger partial charge in [-0.15, -0.1) is 0 Å². The Morgan fingerprint density at radius 1 is 1.11 bits per heavy atom. The van der Waals surface area contributed by atoms with Gasteiger partial charge in [0.25, 0.3) is 0 Å². The molecule has 8 nitrogen and oxygen atoms in total. The second-order valence-electron chi connectivity index (χ2n) is 8.71. The number of oxime groups is 1. The van der Waals surface area contributed by atoms with Crippen LogP contribution >= 0.6 is 0 Å². The van der Waals surface area contributed by atoms with Crippen LogP contribution in [0.4, 0.5) is 26.3 Å². The van der Waals surface area contributed by atoms with Crippen molar-refractivity contribution in [1.82, 2.24) is 15.0 Å². The predicted molar refractivity (Wildman–Crippen MR) is 124 cm³/mol. The molecule has 1 unspecified atom stereocenters. The van der Waals surface area contributed by atoms with Gasteiger partial charge in [-0.25, -0.2) is 0 Å². The number of benzene rings is 2. The van der Waals surface area contributed by atoms with Gasteiger partial charge in [-0.2, -0.15) is 31.3 Å². The summed E-state index contributed by atoms with van der Waals surface area (Å²) in [6.07, 6.45) is -9.15. The summed E-state index contributed by atoms with van der Waals surface area (Å²) in [6, 6.07) is 8.04. The van der Waals surface area contributed by atoms with Gasteiger partial charge in [0, 0.05) is 18.7 Å². The van der Waals surface area contributed by atoms with Crippen molar-refractivity contribution >= 4 is 11.7 Å². The van der Waals surface area contributed by atoms with Crippen LogP contribution in [-0.4, -0.2) is 39.8 Å². The first-order valence-corrected chi connectivity index (χ1v) is 11.3. The van der Waals surface area contributed by atoms with Gasteiger partial charge in [0.05, 0.1) is 22.8 Å². The molecule has 0 radical (unpaired) electrons. The van der Waals surface area contributed by atoms with Crippen LogP contribution in [0.1, 0.15) is 47.4 Å². The summed E-state index contributed by atoms with van der Waals surface area (Å²) >= 11 is 0. The van der Waals surface area contributed by atoms with E-state index in [1.165, 1.54) is 0 Å². The molecule has 0 spiro atoms. The van der Waals surface area contributed by atoms with Crippen LogP contribution in [0.15, 0.2) is 52.1 Å². The van der Waals surface area contributed by atoms with Crippen LogP contribution in [0.25, 0.3) is 11.4 Å². The van der Waals surface area contributed by atoms with Gasteiger partial charge in [0.15, 0.2) is 5.96 Å². The molecule has 38 heavy (non-hydrogen) atoms. The summed E-state index contributed by atoms with van der Waals surface area (Å²) < 4.78 is 83.5. The minimum Gasteiger partial charge on any atom is -0.391 e. The third-order valence-electron chi connectivity index (χ3n) is 5.96. The van der Waals surface area contributed by atoms with E-state index in [1.54, 1.807) is 36.1 Å². The third kappa shape index (κ3) is 6.23. The summed E-state index contributed by atoms with van der Waals surface area (Å²) in [5.41, 5.74) is 3.97.